The van der Waals surface area contributed by atoms with Gasteiger partial charge in [-0.25, -0.2) is 4.79 Å². The van der Waals surface area contributed by atoms with E-state index in [1.165, 1.54) is 3.11 Å². The monoisotopic (exact) mass is 271 g/mol. The van der Waals surface area contributed by atoms with Crippen molar-refractivity contribution in [1.82, 2.24) is 3.11 Å². The Bertz CT molecular complexity index is 142. The predicted molar refractivity (Wildman–Crippen MR) is 52.6 cm³/mol. The lowest BCUT2D eigenvalue weighted by Gasteiger charge is -2.22. The Balaban J connectivity index is 3.88. The lowest BCUT2D eigenvalue weighted by Crippen LogP contribution is -2.30. The number of halogens is 1. The van der Waals surface area contributed by atoms with E-state index in [-0.39, 0.29) is 6.09 Å². The lowest BCUT2D eigenvalue weighted by molar-refractivity contribution is 0.0434. The quantitative estimate of drug-likeness (QED) is 0.542. The molecule has 0 atom stereocenters. The van der Waals surface area contributed by atoms with Crippen LogP contribution < -0.4 is 0 Å². The molecule has 3 nitrogen and oxygen atoms in total. The van der Waals surface area contributed by atoms with Crippen LogP contribution in [0.1, 0.15) is 27.7 Å². The lowest BCUT2D eigenvalue weighted by atomic mass is 10.2. The van der Waals surface area contributed by atoms with Crippen molar-refractivity contribution < 1.29 is 9.53 Å². The Hall–Kier alpha value is 0. The van der Waals surface area contributed by atoms with Gasteiger partial charge in [0.15, 0.2) is 0 Å². The van der Waals surface area contributed by atoms with Crippen molar-refractivity contribution in [3.05, 3.63) is 0 Å². The molecule has 0 radical (unpaired) electrons. The van der Waals surface area contributed by atoms with E-state index in [0.29, 0.717) is 6.54 Å². The molecule has 0 fully saturated rings. The largest absolute Gasteiger partial charge is 0.443 e. The van der Waals surface area contributed by atoms with Crippen molar-refractivity contribution >= 4 is 29.0 Å². The van der Waals surface area contributed by atoms with Crippen molar-refractivity contribution in [3.63, 3.8) is 0 Å². The Labute approximate surface area is 81.6 Å². The number of hydrogen-bond donors (Lipinski definition) is 0. The van der Waals surface area contributed by atoms with Crippen LogP contribution in [0.25, 0.3) is 0 Å². The highest BCUT2D eigenvalue weighted by molar-refractivity contribution is 14.1. The normalized spacial score (nSPS) is 11.0. The van der Waals surface area contributed by atoms with Gasteiger partial charge in [-0.15, -0.1) is 0 Å². The van der Waals surface area contributed by atoms with Crippen molar-refractivity contribution in [2.45, 2.75) is 33.3 Å². The van der Waals surface area contributed by atoms with Gasteiger partial charge in [0, 0.05) is 6.54 Å². The fourth-order valence-electron chi connectivity index (χ4n) is 0.441. The molecule has 0 aliphatic carbocycles. The molecule has 0 saturated carbocycles. The van der Waals surface area contributed by atoms with Gasteiger partial charge in [0.25, 0.3) is 0 Å². The molecule has 0 unspecified atom stereocenters. The molecule has 11 heavy (non-hydrogen) atoms. The summed E-state index contributed by atoms with van der Waals surface area (Å²) in [6, 6.07) is 0. The number of amides is 1. The molecule has 4 heteroatoms. The fraction of sp³-hybridized carbons (Fsp3) is 0.857. The third kappa shape index (κ3) is 5.29. The molecule has 0 heterocycles. The molecule has 0 rings (SSSR count). The SMILES string of the molecule is CCN(I)C(=O)OC(C)(C)C. The molecule has 0 saturated heterocycles. The zero-order valence-corrected chi connectivity index (χ0v) is 9.51. The van der Waals surface area contributed by atoms with Crippen LogP contribution in [0, 0.1) is 0 Å². The fourth-order valence-corrected chi connectivity index (χ4v) is 0.539. The summed E-state index contributed by atoms with van der Waals surface area (Å²) in [6.07, 6.45) is -0.277. The molecule has 66 valence electrons. The van der Waals surface area contributed by atoms with Crippen LogP contribution in [0.3, 0.4) is 0 Å². The van der Waals surface area contributed by atoms with Crippen LogP contribution in [0.5, 0.6) is 0 Å². The smallest absolute Gasteiger partial charge is 0.419 e. The highest BCUT2D eigenvalue weighted by Crippen LogP contribution is 2.11. The molecule has 0 aromatic rings. The molecule has 0 spiro atoms. The minimum atomic E-state index is -0.393. The Morgan fingerprint density at radius 3 is 2.27 bits per heavy atom. The first-order chi connectivity index (χ1) is 4.87. The Kier molecular flexibility index (Phi) is 4.13. The second kappa shape index (κ2) is 4.13. The number of hydrogen-bond acceptors (Lipinski definition) is 2. The molecule has 1 amide bonds. The second-order valence-electron chi connectivity index (χ2n) is 3.16. The van der Waals surface area contributed by atoms with Gasteiger partial charge in [-0.3, -0.25) is 3.11 Å². The maximum atomic E-state index is 11.1. The summed E-state index contributed by atoms with van der Waals surface area (Å²) < 4.78 is 6.57. The molecule has 0 aromatic carbocycles. The summed E-state index contributed by atoms with van der Waals surface area (Å²) in [7, 11) is 0. The maximum Gasteiger partial charge on any atom is 0.419 e. The summed E-state index contributed by atoms with van der Waals surface area (Å²) in [5.74, 6) is 0. The minimum absolute atomic E-state index is 0.277. The minimum Gasteiger partial charge on any atom is -0.443 e. The van der Waals surface area contributed by atoms with Gasteiger partial charge in [0.2, 0.25) is 0 Å². The van der Waals surface area contributed by atoms with Crippen LogP contribution in [0.2, 0.25) is 0 Å². The molecule has 0 bridgehead atoms. The average Bonchev–Trinajstić information content (AvgIpc) is 1.82. The van der Waals surface area contributed by atoms with E-state index >= 15 is 0 Å². The highest BCUT2D eigenvalue weighted by atomic mass is 127. The Morgan fingerprint density at radius 1 is 1.55 bits per heavy atom. The van der Waals surface area contributed by atoms with E-state index < -0.39 is 5.60 Å². The van der Waals surface area contributed by atoms with Crippen molar-refractivity contribution in [2.24, 2.45) is 0 Å². The van der Waals surface area contributed by atoms with E-state index in [9.17, 15) is 4.79 Å². The van der Waals surface area contributed by atoms with Gasteiger partial charge in [0.1, 0.15) is 5.60 Å². The number of carbonyl (C=O) groups excluding carboxylic acids is 1. The van der Waals surface area contributed by atoms with Gasteiger partial charge in [-0.05, 0) is 27.7 Å². The van der Waals surface area contributed by atoms with Gasteiger partial charge >= 0.3 is 6.09 Å². The second-order valence-corrected chi connectivity index (χ2v) is 4.32. The van der Waals surface area contributed by atoms with E-state index in [1.54, 1.807) is 0 Å². The van der Waals surface area contributed by atoms with E-state index in [0.717, 1.165) is 0 Å². The summed E-state index contributed by atoms with van der Waals surface area (Å²) >= 11 is 1.93. The highest BCUT2D eigenvalue weighted by Gasteiger charge is 2.18. The molecule has 0 aliphatic heterocycles. The number of nitrogens with zero attached hydrogens (tertiary/aromatic N) is 1. The first kappa shape index (κ1) is 11.0. The topological polar surface area (TPSA) is 29.5 Å². The zero-order valence-electron chi connectivity index (χ0n) is 7.35. The summed E-state index contributed by atoms with van der Waals surface area (Å²) in [4.78, 5) is 11.1. The van der Waals surface area contributed by atoms with E-state index in [2.05, 4.69) is 0 Å². The van der Waals surface area contributed by atoms with Gasteiger partial charge in [0.05, 0.1) is 22.9 Å². The molecular formula is C7H14INO2. The van der Waals surface area contributed by atoms with Crippen LogP contribution in [-0.4, -0.2) is 21.4 Å². The molecular weight excluding hydrogens is 257 g/mol. The standard InChI is InChI=1S/C7H14INO2/c1-5-9(8)6(10)11-7(2,3)4/h5H2,1-4H3. The third-order valence-electron chi connectivity index (χ3n) is 0.869. The summed E-state index contributed by atoms with van der Waals surface area (Å²) in [6.45, 7) is 8.12. The van der Waals surface area contributed by atoms with Crippen LogP contribution in [-0.2, 0) is 4.74 Å². The first-order valence-electron chi connectivity index (χ1n) is 3.53. The van der Waals surface area contributed by atoms with Gasteiger partial charge in [-0.1, -0.05) is 0 Å². The van der Waals surface area contributed by atoms with Crippen LogP contribution in [0.4, 0.5) is 4.79 Å². The Morgan fingerprint density at radius 2 is 2.00 bits per heavy atom. The molecule has 0 aliphatic rings. The van der Waals surface area contributed by atoms with Gasteiger partial charge < -0.3 is 4.74 Å². The van der Waals surface area contributed by atoms with Crippen LogP contribution in [0.15, 0.2) is 0 Å². The predicted octanol–water partition coefficient (Wildman–Crippen LogP) is 2.59. The average molecular weight is 271 g/mol. The number of carbonyl (C=O) groups is 1. The zero-order chi connectivity index (χ0) is 9.07. The van der Waals surface area contributed by atoms with Crippen molar-refractivity contribution in [2.75, 3.05) is 6.54 Å². The number of rotatable bonds is 1. The van der Waals surface area contributed by atoms with Crippen LogP contribution >= 0.6 is 22.9 Å². The molecule has 0 N–H and O–H groups in total. The van der Waals surface area contributed by atoms with Gasteiger partial charge in [-0.2, -0.15) is 0 Å². The van der Waals surface area contributed by atoms with E-state index in [4.69, 9.17) is 4.74 Å². The third-order valence-corrected chi connectivity index (χ3v) is 1.95. The maximum absolute atomic E-state index is 11.1. The number of ether oxygens (including phenoxy) is 1. The molecule has 0 aromatic heterocycles. The summed E-state index contributed by atoms with van der Waals surface area (Å²) in [5, 5.41) is 0. The first-order valence-corrected chi connectivity index (χ1v) is 4.49. The van der Waals surface area contributed by atoms with Crippen molar-refractivity contribution in [1.29, 1.82) is 0 Å². The van der Waals surface area contributed by atoms with E-state index in [1.807, 2.05) is 50.6 Å². The van der Waals surface area contributed by atoms with Crippen molar-refractivity contribution in [3.8, 4) is 0 Å². The summed E-state index contributed by atoms with van der Waals surface area (Å²) in [5.41, 5.74) is -0.393.